The second-order valence-corrected chi connectivity index (χ2v) is 6.57. The van der Waals surface area contributed by atoms with Crippen molar-refractivity contribution in [1.82, 2.24) is 0 Å². The number of unbranched alkanes of at least 4 members (excludes halogenated alkanes) is 15. The van der Waals surface area contributed by atoms with Gasteiger partial charge in [0.1, 0.15) is 0 Å². The Balaban J connectivity index is 2.93. The molecule has 0 aliphatic heterocycles. The molecule has 0 radical (unpaired) electrons. The molecule has 0 rings (SSSR count). The first kappa shape index (κ1) is 21.0. The lowest BCUT2D eigenvalue weighted by molar-refractivity contribution is 0.401. The van der Waals surface area contributed by atoms with Crippen LogP contribution in [0.25, 0.3) is 0 Å². The van der Waals surface area contributed by atoms with Crippen LogP contribution in [0.5, 0.6) is 0 Å². The minimum Gasteiger partial charge on any atom is -0.427 e. The normalized spacial score (nSPS) is 11.0. The van der Waals surface area contributed by atoms with Gasteiger partial charge in [-0.2, -0.15) is 0 Å². The zero-order chi connectivity index (χ0) is 15.6. The van der Waals surface area contributed by atoms with E-state index in [1.165, 1.54) is 89.9 Å². The number of hydrogen-bond acceptors (Lipinski definition) is 2. The molecule has 0 aliphatic carbocycles. The molecular formula is C18H39BO2. The summed E-state index contributed by atoms with van der Waals surface area (Å²) < 4.78 is 0. The lowest BCUT2D eigenvalue weighted by atomic mass is 9.83. The minimum absolute atomic E-state index is 0.540. The quantitative estimate of drug-likeness (QED) is 0.266. The van der Waals surface area contributed by atoms with Crippen LogP contribution < -0.4 is 0 Å². The molecule has 0 heterocycles. The lowest BCUT2D eigenvalue weighted by Crippen LogP contribution is -2.09. The van der Waals surface area contributed by atoms with Gasteiger partial charge in [0.15, 0.2) is 0 Å². The fourth-order valence-electron chi connectivity index (χ4n) is 2.88. The van der Waals surface area contributed by atoms with Crippen LogP contribution in [0.4, 0.5) is 0 Å². The lowest BCUT2D eigenvalue weighted by Gasteiger charge is -2.03. The van der Waals surface area contributed by atoms with Crippen molar-refractivity contribution < 1.29 is 10.0 Å². The smallest absolute Gasteiger partial charge is 0.427 e. The van der Waals surface area contributed by atoms with Crippen LogP contribution in [-0.2, 0) is 0 Å². The van der Waals surface area contributed by atoms with Crippen LogP contribution in [-0.4, -0.2) is 17.2 Å². The predicted octanol–water partition coefficient (Wildman–Crippen LogP) is 5.72. The highest BCUT2D eigenvalue weighted by atomic mass is 16.4. The molecule has 0 spiro atoms. The Kier molecular flexibility index (Phi) is 18.0. The van der Waals surface area contributed by atoms with Crippen LogP contribution in [0.2, 0.25) is 6.32 Å². The molecule has 2 nitrogen and oxygen atoms in total. The Hall–Kier alpha value is -0.0151. The highest BCUT2D eigenvalue weighted by Crippen LogP contribution is 2.14. The Morgan fingerprint density at radius 3 is 1.05 bits per heavy atom. The van der Waals surface area contributed by atoms with Gasteiger partial charge >= 0.3 is 7.12 Å². The van der Waals surface area contributed by atoms with E-state index in [9.17, 15) is 0 Å². The molecule has 0 amide bonds. The molecule has 0 aromatic heterocycles. The zero-order valence-electron chi connectivity index (χ0n) is 14.5. The van der Waals surface area contributed by atoms with Gasteiger partial charge in [-0.25, -0.2) is 0 Å². The molecule has 0 fully saturated rings. The average Bonchev–Trinajstić information content (AvgIpc) is 2.46. The Bertz CT molecular complexity index is 186. The molecule has 0 aliphatic rings. The average molecular weight is 298 g/mol. The first-order valence-electron chi connectivity index (χ1n) is 9.63. The predicted molar refractivity (Wildman–Crippen MR) is 94.5 cm³/mol. The Labute approximate surface area is 133 Å². The van der Waals surface area contributed by atoms with E-state index in [2.05, 4.69) is 6.92 Å². The molecule has 0 bridgehead atoms. The molecule has 3 heteroatoms. The highest BCUT2D eigenvalue weighted by molar-refractivity contribution is 6.40. The van der Waals surface area contributed by atoms with Gasteiger partial charge in [0.2, 0.25) is 0 Å². The molecule has 0 aromatic carbocycles. The maximum atomic E-state index is 8.72. The fourth-order valence-corrected chi connectivity index (χ4v) is 2.88. The van der Waals surface area contributed by atoms with Gasteiger partial charge in [0, 0.05) is 0 Å². The second-order valence-electron chi connectivity index (χ2n) is 6.57. The minimum atomic E-state index is -1.10. The van der Waals surface area contributed by atoms with Crippen LogP contribution in [0, 0.1) is 0 Å². The third-order valence-electron chi connectivity index (χ3n) is 4.32. The van der Waals surface area contributed by atoms with Gasteiger partial charge in [-0.1, -0.05) is 110 Å². The first-order valence-corrected chi connectivity index (χ1v) is 9.63. The number of rotatable bonds is 17. The largest absolute Gasteiger partial charge is 0.451 e. The fraction of sp³-hybridized carbons (Fsp3) is 1.00. The van der Waals surface area contributed by atoms with Crippen molar-refractivity contribution in [2.45, 2.75) is 116 Å². The Morgan fingerprint density at radius 1 is 0.476 bits per heavy atom. The van der Waals surface area contributed by atoms with Crippen LogP contribution in [0.15, 0.2) is 0 Å². The van der Waals surface area contributed by atoms with E-state index < -0.39 is 7.12 Å². The van der Waals surface area contributed by atoms with Gasteiger partial charge < -0.3 is 10.0 Å². The van der Waals surface area contributed by atoms with E-state index in [1.54, 1.807) is 0 Å². The van der Waals surface area contributed by atoms with Gasteiger partial charge in [-0.15, -0.1) is 0 Å². The summed E-state index contributed by atoms with van der Waals surface area (Å²) in [6, 6.07) is 0. The van der Waals surface area contributed by atoms with Crippen molar-refractivity contribution in [2.24, 2.45) is 0 Å². The molecule has 0 atom stereocenters. The SMILES string of the molecule is CCCCCCCCCCCCCCCCCCB(O)O. The Morgan fingerprint density at radius 2 is 0.762 bits per heavy atom. The summed E-state index contributed by atoms with van der Waals surface area (Å²) in [7, 11) is -1.10. The van der Waals surface area contributed by atoms with E-state index in [0.717, 1.165) is 12.8 Å². The highest BCUT2D eigenvalue weighted by Gasteiger charge is 2.04. The molecule has 21 heavy (non-hydrogen) atoms. The monoisotopic (exact) mass is 298 g/mol. The second kappa shape index (κ2) is 18.0. The van der Waals surface area contributed by atoms with Crippen molar-refractivity contribution >= 4 is 7.12 Å². The van der Waals surface area contributed by atoms with E-state index >= 15 is 0 Å². The van der Waals surface area contributed by atoms with Gasteiger partial charge in [-0.3, -0.25) is 0 Å². The molecule has 0 saturated carbocycles. The summed E-state index contributed by atoms with van der Waals surface area (Å²) in [5.41, 5.74) is 0. The summed E-state index contributed by atoms with van der Waals surface area (Å²) >= 11 is 0. The van der Waals surface area contributed by atoms with Crippen molar-refractivity contribution in [2.75, 3.05) is 0 Å². The topological polar surface area (TPSA) is 40.5 Å². The van der Waals surface area contributed by atoms with Crippen LogP contribution >= 0.6 is 0 Å². The van der Waals surface area contributed by atoms with Crippen molar-refractivity contribution in [1.29, 1.82) is 0 Å². The van der Waals surface area contributed by atoms with Gasteiger partial charge in [0.05, 0.1) is 0 Å². The summed E-state index contributed by atoms with van der Waals surface area (Å²) in [6.45, 7) is 2.28. The van der Waals surface area contributed by atoms with E-state index in [0.29, 0.717) is 6.32 Å². The van der Waals surface area contributed by atoms with Crippen molar-refractivity contribution in [3.63, 3.8) is 0 Å². The summed E-state index contributed by atoms with van der Waals surface area (Å²) in [6.07, 6.45) is 22.2. The molecule has 2 N–H and O–H groups in total. The summed E-state index contributed by atoms with van der Waals surface area (Å²) in [5, 5.41) is 17.4. The molecule has 0 saturated heterocycles. The standard InChI is InChI=1S/C18H39BO2/c1-2-3-4-5-6-7-8-9-10-11-12-13-14-15-16-17-18-19(20)21/h20-21H,2-18H2,1H3. The van der Waals surface area contributed by atoms with Gasteiger partial charge in [0.25, 0.3) is 0 Å². The summed E-state index contributed by atoms with van der Waals surface area (Å²) in [5.74, 6) is 0. The maximum absolute atomic E-state index is 8.72. The van der Waals surface area contributed by atoms with E-state index in [-0.39, 0.29) is 0 Å². The number of hydrogen-bond donors (Lipinski definition) is 2. The maximum Gasteiger partial charge on any atom is 0.451 e. The zero-order valence-corrected chi connectivity index (χ0v) is 14.5. The van der Waals surface area contributed by atoms with E-state index in [4.69, 9.17) is 10.0 Å². The first-order chi connectivity index (χ1) is 10.3. The van der Waals surface area contributed by atoms with Crippen molar-refractivity contribution in [3.05, 3.63) is 0 Å². The van der Waals surface area contributed by atoms with Crippen LogP contribution in [0.3, 0.4) is 0 Å². The van der Waals surface area contributed by atoms with Crippen LogP contribution in [0.1, 0.15) is 110 Å². The molecule has 126 valence electrons. The molecular weight excluding hydrogens is 259 g/mol. The third-order valence-corrected chi connectivity index (χ3v) is 4.32. The summed E-state index contributed by atoms with van der Waals surface area (Å²) in [4.78, 5) is 0. The van der Waals surface area contributed by atoms with E-state index in [1.807, 2.05) is 0 Å². The van der Waals surface area contributed by atoms with Crippen molar-refractivity contribution in [3.8, 4) is 0 Å². The molecule has 0 aromatic rings. The molecule has 0 unspecified atom stereocenters. The third kappa shape index (κ3) is 20.0. The van der Waals surface area contributed by atoms with Gasteiger partial charge in [-0.05, 0) is 6.32 Å².